The molecule has 2 heterocycles. The molecule has 3 N–H and O–H groups in total. The lowest BCUT2D eigenvalue weighted by Gasteiger charge is -2.05. The van der Waals surface area contributed by atoms with E-state index in [9.17, 15) is 13.2 Å². The van der Waals surface area contributed by atoms with Crippen LogP contribution < -0.4 is 10.6 Å². The Morgan fingerprint density at radius 2 is 1.87 bits per heavy atom. The average molecular weight is 438 g/mol. The third-order valence-corrected chi connectivity index (χ3v) is 5.56. The van der Waals surface area contributed by atoms with Crippen LogP contribution in [0.2, 0.25) is 0 Å². The number of hydrogen-bond donors (Lipinski definition) is 2. The van der Waals surface area contributed by atoms with E-state index in [1.54, 1.807) is 13.8 Å². The summed E-state index contributed by atoms with van der Waals surface area (Å²) < 4.78 is 29.9. The number of amides is 1. The van der Waals surface area contributed by atoms with Crippen LogP contribution in [0.25, 0.3) is 16.7 Å². The molecule has 0 spiro atoms. The van der Waals surface area contributed by atoms with Gasteiger partial charge in [-0.15, -0.1) is 5.10 Å². The number of hydrogen-bond acceptors (Lipinski definition) is 7. The lowest BCUT2D eigenvalue weighted by molar-refractivity contribution is 0.0949. The molecule has 0 aliphatic rings. The maximum atomic E-state index is 12.5. The summed E-state index contributed by atoms with van der Waals surface area (Å²) in [6.07, 6.45) is 0. The summed E-state index contributed by atoms with van der Waals surface area (Å²) in [6.45, 7) is 3.38. The number of benzene rings is 2. The molecule has 158 valence electrons. The van der Waals surface area contributed by atoms with Gasteiger partial charge in [-0.3, -0.25) is 4.79 Å². The molecule has 0 saturated carbocycles. The second kappa shape index (κ2) is 7.78. The van der Waals surface area contributed by atoms with Gasteiger partial charge in [0.15, 0.2) is 11.5 Å². The number of nitrogens with two attached hydrogens (primary N) is 1. The number of sulfonamides is 1. The number of nitrogens with zero attached hydrogens (tertiary/aromatic N) is 4. The van der Waals surface area contributed by atoms with Crippen LogP contribution in [0.4, 0.5) is 0 Å². The molecular weight excluding hydrogens is 420 g/mol. The van der Waals surface area contributed by atoms with E-state index in [1.165, 1.54) is 28.9 Å². The number of primary sulfonamides is 1. The predicted molar refractivity (Wildman–Crippen MR) is 113 cm³/mol. The lowest BCUT2D eigenvalue weighted by Crippen LogP contribution is -2.20. The first-order valence-electron chi connectivity index (χ1n) is 9.13. The molecule has 0 aliphatic heterocycles. The van der Waals surface area contributed by atoms with Crippen molar-refractivity contribution in [3.8, 4) is 5.69 Å². The van der Waals surface area contributed by atoms with Crippen molar-refractivity contribution >= 4 is 32.6 Å². The highest BCUT2D eigenvalue weighted by molar-refractivity contribution is 7.89. The summed E-state index contributed by atoms with van der Waals surface area (Å²) in [5.74, 6) is -0.00260. The lowest BCUT2D eigenvalue weighted by atomic mass is 10.2. The molecule has 0 radical (unpaired) electrons. The summed E-state index contributed by atoms with van der Waals surface area (Å²) in [5.41, 5.74) is 4.74. The van der Waals surface area contributed by atoms with Crippen LogP contribution in [-0.2, 0) is 10.0 Å². The summed E-state index contributed by atoms with van der Waals surface area (Å²) in [6, 6.07) is 15.1. The third kappa shape index (κ3) is 4.09. The maximum absolute atomic E-state index is 12.5. The Hall–Kier alpha value is -3.83. The van der Waals surface area contributed by atoms with Crippen LogP contribution in [0, 0.1) is 6.92 Å². The van der Waals surface area contributed by atoms with Crippen LogP contribution in [0.3, 0.4) is 0 Å². The Balaban J connectivity index is 1.53. The summed E-state index contributed by atoms with van der Waals surface area (Å²) >= 11 is 0. The fourth-order valence-corrected chi connectivity index (χ4v) is 3.48. The van der Waals surface area contributed by atoms with Crippen molar-refractivity contribution in [1.82, 2.24) is 20.4 Å². The van der Waals surface area contributed by atoms with Gasteiger partial charge in [0.2, 0.25) is 10.0 Å². The molecule has 4 aromatic rings. The van der Waals surface area contributed by atoms with Gasteiger partial charge >= 0.3 is 0 Å². The van der Waals surface area contributed by atoms with Crippen LogP contribution in [0.15, 0.2) is 69.0 Å². The van der Waals surface area contributed by atoms with Gasteiger partial charge in [-0.05, 0) is 50.2 Å². The van der Waals surface area contributed by atoms with Crippen molar-refractivity contribution in [2.45, 2.75) is 18.7 Å². The van der Waals surface area contributed by atoms with Crippen molar-refractivity contribution in [3.63, 3.8) is 0 Å². The highest BCUT2D eigenvalue weighted by Gasteiger charge is 2.18. The Morgan fingerprint density at radius 1 is 1.16 bits per heavy atom. The molecule has 0 saturated heterocycles. The zero-order valence-electron chi connectivity index (χ0n) is 16.6. The van der Waals surface area contributed by atoms with Crippen LogP contribution >= 0.6 is 0 Å². The molecule has 4 rings (SSSR count). The molecular formula is C20H18N6O4S. The molecule has 2 aromatic heterocycles. The normalized spacial score (nSPS) is 12.3. The van der Waals surface area contributed by atoms with E-state index < -0.39 is 15.9 Å². The first-order chi connectivity index (χ1) is 14.7. The maximum Gasteiger partial charge on any atom is 0.293 e. The van der Waals surface area contributed by atoms with Gasteiger partial charge in [0, 0.05) is 5.39 Å². The zero-order valence-corrected chi connectivity index (χ0v) is 17.4. The van der Waals surface area contributed by atoms with Crippen molar-refractivity contribution in [3.05, 3.63) is 71.7 Å². The topological polar surface area (TPSA) is 145 Å². The number of carbonyl (C=O) groups excluding carboxylic acids is 1. The summed E-state index contributed by atoms with van der Waals surface area (Å²) in [5, 5.41) is 18.0. The highest BCUT2D eigenvalue weighted by Crippen LogP contribution is 2.19. The fraction of sp³-hybridized carbons (Fsp3) is 0.100. The van der Waals surface area contributed by atoms with Gasteiger partial charge in [-0.2, -0.15) is 5.10 Å². The predicted octanol–water partition coefficient (Wildman–Crippen LogP) is 2.12. The first kappa shape index (κ1) is 20.4. The van der Waals surface area contributed by atoms with Gasteiger partial charge in [0.05, 0.1) is 16.3 Å². The quantitative estimate of drug-likeness (QED) is 0.360. The van der Waals surface area contributed by atoms with Crippen LogP contribution in [0.5, 0.6) is 0 Å². The Labute approximate surface area is 177 Å². The Bertz CT molecular complexity index is 1380. The summed E-state index contributed by atoms with van der Waals surface area (Å²) in [4.78, 5) is 12.5. The minimum Gasteiger partial charge on any atom is -0.455 e. The number of aromatic nitrogens is 3. The number of nitrogens with one attached hydrogen (secondary N) is 1. The minimum absolute atomic E-state index is 0.0256. The summed E-state index contributed by atoms with van der Waals surface area (Å²) in [7, 11) is -3.80. The smallest absolute Gasteiger partial charge is 0.293 e. The van der Waals surface area contributed by atoms with Crippen molar-refractivity contribution in [1.29, 1.82) is 0 Å². The standard InChI is InChI=1S/C20H18N6O4S/c1-12(18-11-14-5-3-4-6-17(14)30-18)22-24-20(27)19-13(2)26(25-23-19)15-7-9-16(10-8-15)31(21,28)29/h3-11H,1-2H3,(H,24,27)(H2,21,28,29). The number of hydrazone groups is 1. The molecule has 2 aromatic carbocycles. The number of rotatable bonds is 5. The van der Waals surface area contributed by atoms with Crippen molar-refractivity contribution < 1.29 is 17.6 Å². The van der Waals surface area contributed by atoms with Gasteiger partial charge in [-0.25, -0.2) is 23.7 Å². The molecule has 10 nitrogen and oxygen atoms in total. The number of para-hydroxylation sites is 1. The second-order valence-corrected chi connectivity index (χ2v) is 8.32. The van der Waals surface area contributed by atoms with Gasteiger partial charge in [0.1, 0.15) is 11.3 Å². The Kier molecular flexibility index (Phi) is 5.13. The van der Waals surface area contributed by atoms with Gasteiger partial charge in [0.25, 0.3) is 5.91 Å². The monoisotopic (exact) mass is 438 g/mol. The molecule has 0 atom stereocenters. The van der Waals surface area contributed by atoms with Crippen LogP contribution in [0.1, 0.15) is 28.9 Å². The van der Waals surface area contributed by atoms with Crippen LogP contribution in [-0.4, -0.2) is 35.0 Å². The van der Waals surface area contributed by atoms with Gasteiger partial charge in [-0.1, -0.05) is 23.4 Å². The molecule has 0 bridgehead atoms. The molecule has 1 amide bonds. The minimum atomic E-state index is -3.80. The van der Waals surface area contributed by atoms with Gasteiger partial charge < -0.3 is 4.42 Å². The van der Waals surface area contributed by atoms with E-state index in [-0.39, 0.29) is 10.6 Å². The Morgan fingerprint density at radius 3 is 2.55 bits per heavy atom. The first-order valence-corrected chi connectivity index (χ1v) is 10.7. The van der Waals surface area contributed by atoms with E-state index in [0.29, 0.717) is 22.9 Å². The van der Waals surface area contributed by atoms with E-state index in [2.05, 4.69) is 20.8 Å². The van der Waals surface area contributed by atoms with Crippen molar-refractivity contribution in [2.75, 3.05) is 0 Å². The second-order valence-electron chi connectivity index (χ2n) is 6.76. The molecule has 0 fully saturated rings. The molecule has 0 unspecified atom stereocenters. The highest BCUT2D eigenvalue weighted by atomic mass is 32.2. The molecule has 0 aliphatic carbocycles. The fourth-order valence-electron chi connectivity index (χ4n) is 2.96. The number of carbonyl (C=O) groups is 1. The average Bonchev–Trinajstić information content (AvgIpc) is 3.35. The van der Waals surface area contributed by atoms with Crippen molar-refractivity contribution in [2.24, 2.45) is 10.2 Å². The zero-order chi connectivity index (χ0) is 22.2. The third-order valence-electron chi connectivity index (χ3n) is 4.63. The molecule has 31 heavy (non-hydrogen) atoms. The largest absolute Gasteiger partial charge is 0.455 e. The molecule has 11 heteroatoms. The van der Waals surface area contributed by atoms with E-state index >= 15 is 0 Å². The number of fused-ring (bicyclic) bond motifs is 1. The SMILES string of the molecule is CC(=NNC(=O)c1nnn(-c2ccc(S(N)(=O)=O)cc2)c1C)c1cc2ccccc2o1. The number of furan rings is 1. The van der Waals surface area contributed by atoms with E-state index in [4.69, 9.17) is 9.56 Å². The van der Waals surface area contributed by atoms with E-state index in [0.717, 1.165) is 11.0 Å². The van der Waals surface area contributed by atoms with E-state index in [1.807, 2.05) is 30.3 Å².